The average Bonchev–Trinajstić information content (AvgIpc) is 2.64. The highest BCUT2D eigenvalue weighted by Gasteiger charge is 2.31. The van der Waals surface area contributed by atoms with E-state index in [1.54, 1.807) is 4.40 Å². The summed E-state index contributed by atoms with van der Waals surface area (Å²) in [6.45, 7) is 5.86. The summed E-state index contributed by atoms with van der Waals surface area (Å²) in [5.74, 6) is 0.207. The minimum absolute atomic E-state index is 0.207. The van der Waals surface area contributed by atoms with Crippen LogP contribution in [0.3, 0.4) is 0 Å². The second kappa shape index (κ2) is 4.40. The van der Waals surface area contributed by atoms with Gasteiger partial charge in [0.1, 0.15) is 5.65 Å². The van der Waals surface area contributed by atoms with Gasteiger partial charge < -0.3 is 4.40 Å². The Hall–Kier alpha value is -1.23. The Morgan fingerprint density at radius 3 is 2.37 bits per heavy atom. The molecule has 6 heteroatoms. The molecule has 104 valence electrons. The maximum absolute atomic E-state index is 12.7. The van der Waals surface area contributed by atoms with Crippen LogP contribution in [0.5, 0.6) is 0 Å². The lowest BCUT2D eigenvalue weighted by Crippen LogP contribution is -2.14. The molecule has 0 saturated heterocycles. The molecule has 2 nitrogen and oxygen atoms in total. The number of alkyl halides is 4. The van der Waals surface area contributed by atoms with Gasteiger partial charge in [-0.15, -0.1) is 11.6 Å². The van der Waals surface area contributed by atoms with E-state index >= 15 is 0 Å². The van der Waals surface area contributed by atoms with Crippen LogP contribution in [0.2, 0.25) is 0 Å². The van der Waals surface area contributed by atoms with Crippen molar-refractivity contribution in [1.82, 2.24) is 9.38 Å². The molecule has 0 aromatic carbocycles. The summed E-state index contributed by atoms with van der Waals surface area (Å²) in [5.41, 5.74) is 0.760. The smallest absolute Gasteiger partial charge is 0.303 e. The molecule has 2 aromatic heterocycles. The van der Waals surface area contributed by atoms with E-state index in [1.165, 1.54) is 6.20 Å². The lowest BCUT2D eigenvalue weighted by atomic mass is 9.91. The molecular weight excluding hydrogens is 277 g/mol. The predicted molar refractivity (Wildman–Crippen MR) is 68.5 cm³/mol. The summed E-state index contributed by atoms with van der Waals surface area (Å²) in [6.07, 6.45) is -2.99. The fourth-order valence-corrected chi connectivity index (χ4v) is 2.26. The zero-order chi connectivity index (χ0) is 14.4. The topological polar surface area (TPSA) is 17.3 Å². The van der Waals surface area contributed by atoms with Crippen LogP contribution in [0.4, 0.5) is 13.2 Å². The molecule has 2 heterocycles. The van der Waals surface area contributed by atoms with Gasteiger partial charge in [0, 0.05) is 11.6 Å². The van der Waals surface area contributed by atoms with Crippen LogP contribution in [-0.2, 0) is 17.5 Å². The lowest BCUT2D eigenvalue weighted by molar-refractivity contribution is -0.137. The molecule has 0 aliphatic carbocycles. The van der Waals surface area contributed by atoms with E-state index in [0.29, 0.717) is 0 Å². The van der Waals surface area contributed by atoms with Crippen molar-refractivity contribution in [2.45, 2.75) is 38.2 Å². The van der Waals surface area contributed by atoms with Crippen LogP contribution in [0, 0.1) is 0 Å². The van der Waals surface area contributed by atoms with E-state index in [9.17, 15) is 13.2 Å². The van der Waals surface area contributed by atoms with Gasteiger partial charge in [-0.05, 0) is 12.1 Å². The van der Waals surface area contributed by atoms with Crippen molar-refractivity contribution in [3.63, 3.8) is 0 Å². The molecule has 0 saturated carbocycles. The largest absolute Gasteiger partial charge is 0.416 e. The van der Waals surface area contributed by atoms with Crippen LogP contribution in [0.15, 0.2) is 18.3 Å². The van der Waals surface area contributed by atoms with E-state index in [1.807, 2.05) is 20.8 Å². The Balaban J connectivity index is 2.70. The van der Waals surface area contributed by atoms with Crippen molar-refractivity contribution >= 4 is 17.2 Å². The second-order valence-corrected chi connectivity index (χ2v) is 5.70. The Bertz CT molecular complexity index is 609. The highest BCUT2D eigenvalue weighted by atomic mass is 35.5. The van der Waals surface area contributed by atoms with E-state index in [0.717, 1.165) is 23.5 Å². The molecule has 0 radical (unpaired) electrons. The van der Waals surface area contributed by atoms with Gasteiger partial charge in [0.2, 0.25) is 0 Å². The quantitative estimate of drug-likeness (QED) is 0.712. The molecule has 0 spiro atoms. The van der Waals surface area contributed by atoms with Gasteiger partial charge in [0.25, 0.3) is 0 Å². The molecule has 0 N–H and O–H groups in total. The van der Waals surface area contributed by atoms with Gasteiger partial charge in [-0.25, -0.2) is 4.98 Å². The number of pyridine rings is 1. The number of fused-ring (bicyclic) bond motifs is 1. The minimum Gasteiger partial charge on any atom is -0.303 e. The third kappa shape index (κ3) is 2.56. The average molecular weight is 291 g/mol. The Morgan fingerprint density at radius 2 is 1.89 bits per heavy atom. The maximum atomic E-state index is 12.7. The SMILES string of the molecule is CC(C)(C)c1nc2cc(C(F)(F)F)ccn2c1CCl. The third-order valence-corrected chi connectivity index (χ3v) is 3.14. The van der Waals surface area contributed by atoms with Crippen LogP contribution in [0.1, 0.15) is 37.7 Å². The van der Waals surface area contributed by atoms with Crippen LogP contribution in [-0.4, -0.2) is 9.38 Å². The van der Waals surface area contributed by atoms with Crippen molar-refractivity contribution in [3.05, 3.63) is 35.3 Å². The molecule has 2 aromatic rings. The minimum atomic E-state index is -4.36. The van der Waals surface area contributed by atoms with Crippen LogP contribution < -0.4 is 0 Å². The standard InChI is InChI=1S/C13H14ClF3N2/c1-12(2,3)11-9(7-14)19-5-4-8(13(15,16)17)6-10(19)18-11/h4-6H,7H2,1-3H3. The highest BCUT2D eigenvalue weighted by Crippen LogP contribution is 2.32. The number of imidazole rings is 1. The van der Waals surface area contributed by atoms with Gasteiger partial charge in [-0.3, -0.25) is 0 Å². The van der Waals surface area contributed by atoms with Gasteiger partial charge in [0.05, 0.1) is 22.8 Å². The first kappa shape index (κ1) is 14.2. The highest BCUT2D eigenvalue weighted by molar-refractivity contribution is 6.17. The fourth-order valence-electron chi connectivity index (χ4n) is 2.00. The van der Waals surface area contributed by atoms with Gasteiger partial charge in [-0.1, -0.05) is 20.8 Å². The van der Waals surface area contributed by atoms with Gasteiger partial charge in [-0.2, -0.15) is 13.2 Å². The van der Waals surface area contributed by atoms with Crippen LogP contribution >= 0.6 is 11.6 Å². The van der Waals surface area contributed by atoms with E-state index in [4.69, 9.17) is 11.6 Å². The number of hydrogen-bond donors (Lipinski definition) is 0. The number of aromatic nitrogens is 2. The molecule has 2 rings (SSSR count). The summed E-state index contributed by atoms with van der Waals surface area (Å²) >= 11 is 5.91. The summed E-state index contributed by atoms with van der Waals surface area (Å²) < 4.78 is 39.6. The molecule has 0 aliphatic heterocycles. The number of halogens is 4. The zero-order valence-electron chi connectivity index (χ0n) is 10.8. The number of nitrogens with zero attached hydrogens (tertiary/aromatic N) is 2. The normalized spacial score (nSPS) is 13.2. The van der Waals surface area contributed by atoms with Crippen molar-refractivity contribution in [1.29, 1.82) is 0 Å². The van der Waals surface area contributed by atoms with E-state index < -0.39 is 11.7 Å². The molecule has 19 heavy (non-hydrogen) atoms. The van der Waals surface area contributed by atoms with Gasteiger partial charge in [0.15, 0.2) is 0 Å². The maximum Gasteiger partial charge on any atom is 0.416 e. The third-order valence-electron chi connectivity index (χ3n) is 2.89. The summed E-state index contributed by atoms with van der Waals surface area (Å²) in [6, 6.07) is 2.09. The van der Waals surface area contributed by atoms with Crippen LogP contribution in [0.25, 0.3) is 5.65 Å². The van der Waals surface area contributed by atoms with E-state index in [2.05, 4.69) is 4.98 Å². The first-order valence-corrected chi connectivity index (χ1v) is 6.32. The van der Waals surface area contributed by atoms with E-state index in [-0.39, 0.29) is 16.9 Å². The molecule has 0 aliphatic rings. The molecule has 0 fully saturated rings. The summed E-state index contributed by atoms with van der Waals surface area (Å²) in [4.78, 5) is 4.31. The van der Waals surface area contributed by atoms with Crippen molar-refractivity contribution in [2.75, 3.05) is 0 Å². The van der Waals surface area contributed by atoms with Crippen molar-refractivity contribution in [2.24, 2.45) is 0 Å². The zero-order valence-corrected chi connectivity index (χ0v) is 11.6. The Kier molecular flexibility index (Phi) is 3.29. The number of rotatable bonds is 1. The predicted octanol–water partition coefficient (Wildman–Crippen LogP) is 4.39. The summed E-state index contributed by atoms with van der Waals surface area (Å²) in [7, 11) is 0. The Morgan fingerprint density at radius 1 is 1.26 bits per heavy atom. The molecular formula is C13H14ClF3N2. The summed E-state index contributed by atoms with van der Waals surface area (Å²) in [5, 5.41) is 0. The molecule has 0 atom stereocenters. The molecule has 0 bridgehead atoms. The second-order valence-electron chi connectivity index (χ2n) is 5.43. The van der Waals surface area contributed by atoms with Crippen molar-refractivity contribution < 1.29 is 13.2 Å². The molecule has 0 unspecified atom stereocenters. The fraction of sp³-hybridized carbons (Fsp3) is 0.462. The lowest BCUT2D eigenvalue weighted by Gasteiger charge is -2.16. The first-order chi connectivity index (χ1) is 8.64. The number of hydrogen-bond acceptors (Lipinski definition) is 1. The Labute approximate surface area is 114 Å². The molecule has 0 amide bonds. The van der Waals surface area contributed by atoms with Crippen molar-refractivity contribution in [3.8, 4) is 0 Å². The van der Waals surface area contributed by atoms with Gasteiger partial charge >= 0.3 is 6.18 Å². The monoisotopic (exact) mass is 290 g/mol. The first-order valence-electron chi connectivity index (χ1n) is 5.79.